The van der Waals surface area contributed by atoms with Gasteiger partial charge >= 0.3 is 0 Å². The first kappa shape index (κ1) is 25.5. The normalized spacial score (nSPS) is 34.1. The van der Waals surface area contributed by atoms with Crippen LogP contribution in [0.3, 0.4) is 0 Å². The number of Topliss-reactive ketones (excluding diaryl/α,β-unsaturated/α-hetero) is 4. The van der Waals surface area contributed by atoms with Crippen molar-refractivity contribution in [3.8, 4) is 5.75 Å². The molecule has 11 heteroatoms. The first-order valence-corrected chi connectivity index (χ1v) is 12.6. The van der Waals surface area contributed by atoms with Crippen molar-refractivity contribution < 1.29 is 34.2 Å². The second kappa shape index (κ2) is 9.00. The van der Waals surface area contributed by atoms with Gasteiger partial charge in [-0.15, -0.1) is 0 Å². The number of fused-ring (bicyclic) bond motifs is 3. The minimum absolute atomic E-state index is 0.00512. The van der Waals surface area contributed by atoms with Gasteiger partial charge < -0.3 is 26.6 Å². The number of phenols is 1. The number of carbonyl (C=O) groups is 5. The first-order valence-electron chi connectivity index (χ1n) is 12.6. The van der Waals surface area contributed by atoms with Gasteiger partial charge in [-0.05, 0) is 70.4 Å². The summed E-state index contributed by atoms with van der Waals surface area (Å²) in [5.74, 6) is -10.3. The molecule has 0 aromatic heterocycles. The van der Waals surface area contributed by atoms with Crippen LogP contribution in [0, 0.1) is 23.7 Å². The van der Waals surface area contributed by atoms with Gasteiger partial charge in [-0.2, -0.15) is 0 Å². The molecule has 0 radical (unpaired) electrons. The summed E-state index contributed by atoms with van der Waals surface area (Å²) in [5, 5.41) is 29.2. The SMILES string of the molecule is CN(C)[C@H]1C(=O)C(C(N)=O)C(=O)[C@]2(O)C(=O)C3C(=O)c4c(ccc(NC5CCNCC5)c4O)C[C@@H]3C[C@H]12. The monoisotopic (exact) mass is 512 g/mol. The predicted octanol–water partition coefficient (Wildman–Crippen LogP) is -0.969. The van der Waals surface area contributed by atoms with Gasteiger partial charge in [0, 0.05) is 12.0 Å². The summed E-state index contributed by atoms with van der Waals surface area (Å²) in [6, 6.07) is 2.48. The molecule has 37 heavy (non-hydrogen) atoms. The Morgan fingerprint density at radius 3 is 2.43 bits per heavy atom. The highest BCUT2D eigenvalue weighted by Gasteiger charge is 2.69. The standard InChI is InChI=1S/C26H32N4O7/c1-30(2)19-14-10-12-9-11-3-4-15(29-13-5-7-28-8-6-13)20(31)16(11)21(32)17(12)23(34)26(14,37)24(35)18(22(19)33)25(27)36/h3-4,12-14,17-19,28-29,31,37H,5-10H2,1-2H3,(H2,27,36)/t12-,14-,17?,18?,19-,26-/m1/s1. The number of nitrogens with two attached hydrogens (primary N) is 1. The molecule has 5 rings (SSSR count). The topological polar surface area (TPSA) is 179 Å². The van der Waals surface area contributed by atoms with Crippen LogP contribution < -0.4 is 16.4 Å². The van der Waals surface area contributed by atoms with Crippen molar-refractivity contribution in [2.24, 2.45) is 29.4 Å². The Labute approximate surface area is 213 Å². The van der Waals surface area contributed by atoms with Crippen molar-refractivity contribution in [2.75, 3.05) is 32.5 Å². The van der Waals surface area contributed by atoms with E-state index in [4.69, 9.17) is 5.73 Å². The summed E-state index contributed by atoms with van der Waals surface area (Å²) < 4.78 is 0. The number of aromatic hydroxyl groups is 1. The number of phenolic OH excluding ortho intramolecular Hbond substituents is 1. The van der Waals surface area contributed by atoms with Crippen molar-refractivity contribution in [1.82, 2.24) is 10.2 Å². The Bertz CT molecular complexity index is 1210. The number of nitrogens with one attached hydrogen (secondary N) is 2. The fourth-order valence-corrected chi connectivity index (χ4v) is 6.88. The zero-order chi connectivity index (χ0) is 26.8. The van der Waals surface area contributed by atoms with Crippen LogP contribution in [0.15, 0.2) is 12.1 Å². The molecule has 1 aromatic carbocycles. The Hall–Kier alpha value is -3.15. The number of rotatable bonds is 4. The van der Waals surface area contributed by atoms with Crippen molar-refractivity contribution in [1.29, 1.82) is 0 Å². The minimum Gasteiger partial charge on any atom is -0.505 e. The summed E-state index contributed by atoms with van der Waals surface area (Å²) in [5.41, 5.74) is 3.59. The van der Waals surface area contributed by atoms with E-state index in [0.29, 0.717) is 11.3 Å². The van der Waals surface area contributed by atoms with E-state index in [1.807, 2.05) is 0 Å². The smallest absolute Gasteiger partial charge is 0.235 e. The van der Waals surface area contributed by atoms with E-state index < -0.39 is 64.4 Å². The molecule has 3 aliphatic carbocycles. The fraction of sp³-hybridized carbons (Fsp3) is 0.577. The average molecular weight is 513 g/mol. The zero-order valence-electron chi connectivity index (χ0n) is 20.8. The fourth-order valence-electron chi connectivity index (χ4n) is 6.88. The van der Waals surface area contributed by atoms with Crippen molar-refractivity contribution >= 4 is 34.7 Å². The number of hydrogen-bond donors (Lipinski definition) is 5. The van der Waals surface area contributed by atoms with Crippen molar-refractivity contribution in [2.45, 2.75) is 43.4 Å². The van der Waals surface area contributed by atoms with Crippen LogP contribution in [0.1, 0.15) is 35.2 Å². The number of aliphatic hydroxyl groups is 1. The number of amides is 1. The second-order valence-corrected chi connectivity index (χ2v) is 11.0. The molecule has 1 saturated heterocycles. The third kappa shape index (κ3) is 3.71. The summed E-state index contributed by atoms with van der Waals surface area (Å²) >= 11 is 0. The van der Waals surface area contributed by atoms with Gasteiger partial charge in [0.2, 0.25) is 5.91 Å². The van der Waals surface area contributed by atoms with E-state index in [9.17, 15) is 34.2 Å². The van der Waals surface area contributed by atoms with Gasteiger partial charge in [0.05, 0.1) is 23.2 Å². The Kier molecular flexibility index (Phi) is 6.20. The third-order valence-corrected chi connectivity index (χ3v) is 8.63. The molecule has 1 heterocycles. The van der Waals surface area contributed by atoms with E-state index in [1.165, 1.54) is 4.90 Å². The number of anilines is 1. The molecule has 0 bridgehead atoms. The van der Waals surface area contributed by atoms with Crippen LogP contribution in [-0.4, -0.2) is 89.0 Å². The van der Waals surface area contributed by atoms with Crippen LogP contribution in [0.5, 0.6) is 5.75 Å². The minimum atomic E-state index is -2.71. The molecule has 2 unspecified atom stereocenters. The van der Waals surface area contributed by atoms with E-state index in [2.05, 4.69) is 10.6 Å². The summed E-state index contributed by atoms with van der Waals surface area (Å²) in [6.07, 6.45) is 1.99. The summed E-state index contributed by atoms with van der Waals surface area (Å²) in [6.45, 7) is 1.66. The molecule has 1 amide bonds. The molecular weight excluding hydrogens is 480 g/mol. The average Bonchev–Trinajstić information content (AvgIpc) is 2.83. The quantitative estimate of drug-likeness (QED) is 0.249. The van der Waals surface area contributed by atoms with E-state index in [-0.39, 0.29) is 30.2 Å². The number of ketones is 4. The van der Waals surface area contributed by atoms with Crippen LogP contribution in [0.4, 0.5) is 5.69 Å². The number of nitrogens with zero attached hydrogens (tertiary/aromatic N) is 1. The first-order chi connectivity index (χ1) is 17.5. The largest absolute Gasteiger partial charge is 0.505 e. The Morgan fingerprint density at radius 1 is 1.14 bits per heavy atom. The third-order valence-electron chi connectivity index (χ3n) is 8.63. The molecule has 3 fully saturated rings. The van der Waals surface area contributed by atoms with E-state index in [0.717, 1.165) is 25.9 Å². The predicted molar refractivity (Wildman–Crippen MR) is 131 cm³/mol. The summed E-state index contributed by atoms with van der Waals surface area (Å²) in [4.78, 5) is 67.5. The zero-order valence-corrected chi connectivity index (χ0v) is 20.8. The number of carbonyl (C=O) groups excluding carboxylic acids is 5. The van der Waals surface area contributed by atoms with Gasteiger partial charge in [0.1, 0.15) is 5.75 Å². The lowest BCUT2D eigenvalue weighted by atomic mass is 9.52. The molecule has 198 valence electrons. The molecule has 11 nitrogen and oxygen atoms in total. The highest BCUT2D eigenvalue weighted by atomic mass is 16.3. The molecule has 4 aliphatic rings. The lowest BCUT2D eigenvalue weighted by molar-refractivity contribution is -0.181. The Morgan fingerprint density at radius 2 is 1.81 bits per heavy atom. The maximum atomic E-state index is 13.8. The van der Waals surface area contributed by atoms with Crippen LogP contribution in [-0.2, 0) is 25.6 Å². The van der Waals surface area contributed by atoms with Crippen LogP contribution in [0.2, 0.25) is 0 Å². The van der Waals surface area contributed by atoms with Gasteiger partial charge in [0.15, 0.2) is 34.7 Å². The number of hydrogen-bond acceptors (Lipinski definition) is 10. The molecule has 1 aromatic rings. The van der Waals surface area contributed by atoms with E-state index >= 15 is 0 Å². The van der Waals surface area contributed by atoms with Gasteiger partial charge in [0.25, 0.3) is 0 Å². The molecule has 2 saturated carbocycles. The van der Waals surface area contributed by atoms with Crippen LogP contribution in [0.25, 0.3) is 0 Å². The Balaban J connectivity index is 1.54. The molecule has 6 N–H and O–H groups in total. The maximum Gasteiger partial charge on any atom is 0.235 e. The highest BCUT2D eigenvalue weighted by Crippen LogP contribution is 2.51. The number of primary amides is 1. The van der Waals surface area contributed by atoms with Crippen molar-refractivity contribution in [3.63, 3.8) is 0 Å². The van der Waals surface area contributed by atoms with Crippen molar-refractivity contribution in [3.05, 3.63) is 23.3 Å². The number of piperidine rings is 1. The van der Waals surface area contributed by atoms with Gasteiger partial charge in [-0.25, -0.2) is 0 Å². The number of benzene rings is 1. The molecule has 0 spiro atoms. The maximum absolute atomic E-state index is 13.8. The molecule has 1 aliphatic heterocycles. The van der Waals surface area contributed by atoms with Crippen LogP contribution >= 0.6 is 0 Å². The lowest BCUT2D eigenvalue weighted by Gasteiger charge is -2.52. The molecular formula is C26H32N4O7. The second-order valence-electron chi connectivity index (χ2n) is 11.0. The molecule has 6 atom stereocenters. The van der Waals surface area contributed by atoms with Gasteiger partial charge in [-0.1, -0.05) is 6.07 Å². The van der Waals surface area contributed by atoms with E-state index in [1.54, 1.807) is 26.2 Å². The highest BCUT2D eigenvalue weighted by molar-refractivity contribution is 6.32. The number of likely N-dealkylation sites (N-methyl/N-ethyl adjacent to an activating group) is 1. The van der Waals surface area contributed by atoms with Gasteiger partial charge in [-0.3, -0.25) is 28.9 Å². The summed E-state index contributed by atoms with van der Waals surface area (Å²) in [7, 11) is 3.12. The lowest BCUT2D eigenvalue weighted by Crippen LogP contribution is -2.74.